The van der Waals surface area contributed by atoms with Crippen LogP contribution in [0.25, 0.3) is 21.5 Å². The summed E-state index contributed by atoms with van der Waals surface area (Å²) in [5.41, 5.74) is 7.43. The van der Waals surface area contributed by atoms with Gasteiger partial charge in [-0.3, -0.25) is 4.98 Å². The van der Waals surface area contributed by atoms with Gasteiger partial charge in [0, 0.05) is 23.5 Å². The highest BCUT2D eigenvalue weighted by Crippen LogP contribution is 2.28. The molecule has 2 heterocycles. The Morgan fingerprint density at radius 1 is 1.18 bits per heavy atom. The fourth-order valence-corrected chi connectivity index (χ4v) is 2.64. The first-order chi connectivity index (χ1) is 8.38. The van der Waals surface area contributed by atoms with Crippen LogP contribution < -0.4 is 5.73 Å². The van der Waals surface area contributed by atoms with Gasteiger partial charge in [-0.15, -0.1) is 11.3 Å². The highest BCUT2D eigenvalue weighted by atomic mass is 32.1. The summed E-state index contributed by atoms with van der Waals surface area (Å²) in [6.45, 7) is 0.473. The normalized spacial score (nSPS) is 10.9. The van der Waals surface area contributed by atoms with E-state index in [9.17, 15) is 0 Å². The monoisotopic (exact) mass is 241 g/mol. The number of benzene rings is 1. The molecule has 4 heteroatoms. The minimum Gasteiger partial charge on any atom is -0.325 e. The lowest BCUT2D eigenvalue weighted by molar-refractivity contribution is 1.01. The van der Waals surface area contributed by atoms with Gasteiger partial charge in [0.15, 0.2) is 0 Å². The second-order valence-electron chi connectivity index (χ2n) is 3.73. The van der Waals surface area contributed by atoms with E-state index in [-0.39, 0.29) is 0 Å². The average molecular weight is 241 g/mol. The van der Waals surface area contributed by atoms with Crippen molar-refractivity contribution in [1.29, 1.82) is 0 Å². The van der Waals surface area contributed by atoms with Crippen LogP contribution in [0.15, 0.2) is 41.9 Å². The average Bonchev–Trinajstić information content (AvgIpc) is 2.87. The zero-order valence-corrected chi connectivity index (χ0v) is 9.95. The van der Waals surface area contributed by atoms with Crippen LogP contribution in [0.3, 0.4) is 0 Å². The van der Waals surface area contributed by atoms with Gasteiger partial charge < -0.3 is 5.73 Å². The van der Waals surface area contributed by atoms with Gasteiger partial charge in [-0.2, -0.15) is 0 Å². The Labute approximate surface area is 103 Å². The van der Waals surface area contributed by atoms with Gasteiger partial charge >= 0.3 is 0 Å². The molecule has 17 heavy (non-hydrogen) atoms. The van der Waals surface area contributed by atoms with Crippen molar-refractivity contribution in [3.05, 3.63) is 47.6 Å². The first kappa shape index (κ1) is 10.4. The summed E-state index contributed by atoms with van der Waals surface area (Å²) in [6.07, 6.45) is 1.82. The van der Waals surface area contributed by atoms with Crippen molar-refractivity contribution in [3.8, 4) is 10.7 Å². The van der Waals surface area contributed by atoms with E-state index in [1.54, 1.807) is 11.3 Å². The third kappa shape index (κ3) is 1.81. The summed E-state index contributed by atoms with van der Waals surface area (Å²) in [4.78, 5) is 8.91. The fraction of sp³-hybridized carbons (Fsp3) is 0.0769. The van der Waals surface area contributed by atoms with Crippen LogP contribution >= 0.6 is 11.3 Å². The molecular weight excluding hydrogens is 230 g/mol. The van der Waals surface area contributed by atoms with Crippen LogP contribution in [0.4, 0.5) is 0 Å². The van der Waals surface area contributed by atoms with Crippen LogP contribution in [0.5, 0.6) is 0 Å². The van der Waals surface area contributed by atoms with Gasteiger partial charge in [0.25, 0.3) is 0 Å². The summed E-state index contributed by atoms with van der Waals surface area (Å²) in [5, 5.41) is 5.23. The minimum absolute atomic E-state index is 0.473. The van der Waals surface area contributed by atoms with E-state index < -0.39 is 0 Å². The third-order valence-corrected chi connectivity index (χ3v) is 3.53. The number of nitrogens with two attached hydrogens (primary N) is 1. The van der Waals surface area contributed by atoms with Crippen LogP contribution in [0, 0.1) is 0 Å². The second kappa shape index (κ2) is 4.24. The molecule has 0 saturated heterocycles. The lowest BCUT2D eigenvalue weighted by Crippen LogP contribution is -1.96. The summed E-state index contributed by atoms with van der Waals surface area (Å²) >= 11 is 1.59. The Morgan fingerprint density at radius 2 is 2.06 bits per heavy atom. The van der Waals surface area contributed by atoms with E-state index in [4.69, 9.17) is 5.73 Å². The quantitative estimate of drug-likeness (QED) is 0.750. The van der Waals surface area contributed by atoms with E-state index >= 15 is 0 Å². The zero-order chi connectivity index (χ0) is 11.7. The van der Waals surface area contributed by atoms with Crippen molar-refractivity contribution in [2.24, 2.45) is 5.73 Å². The molecule has 3 rings (SSSR count). The molecule has 0 spiro atoms. The predicted molar refractivity (Wildman–Crippen MR) is 70.7 cm³/mol. The maximum atomic E-state index is 5.58. The first-order valence-electron chi connectivity index (χ1n) is 5.37. The molecule has 0 unspecified atom stereocenters. The van der Waals surface area contributed by atoms with Crippen molar-refractivity contribution in [3.63, 3.8) is 0 Å². The summed E-state index contributed by atoms with van der Waals surface area (Å²) in [5.74, 6) is 0. The van der Waals surface area contributed by atoms with Crippen molar-refractivity contribution in [2.45, 2.75) is 6.54 Å². The van der Waals surface area contributed by atoms with Crippen LogP contribution in [0.2, 0.25) is 0 Å². The molecule has 0 saturated carbocycles. The molecule has 0 atom stereocenters. The Kier molecular flexibility index (Phi) is 2.59. The van der Waals surface area contributed by atoms with Gasteiger partial charge in [-0.05, 0) is 11.5 Å². The molecule has 3 nitrogen and oxygen atoms in total. The maximum absolute atomic E-state index is 5.58. The molecule has 3 aromatic rings. The van der Waals surface area contributed by atoms with Crippen molar-refractivity contribution < 1.29 is 0 Å². The van der Waals surface area contributed by atoms with Crippen molar-refractivity contribution >= 4 is 22.1 Å². The number of pyridine rings is 1. The summed E-state index contributed by atoms with van der Waals surface area (Å²) < 4.78 is 0. The largest absolute Gasteiger partial charge is 0.325 e. The smallest absolute Gasteiger partial charge is 0.142 e. The lowest BCUT2D eigenvalue weighted by Gasteiger charge is -2.01. The number of nitrogens with zero attached hydrogens (tertiary/aromatic N) is 2. The molecule has 0 radical (unpaired) electrons. The Bertz CT molecular complexity index is 655. The number of rotatable bonds is 2. The van der Waals surface area contributed by atoms with E-state index in [1.165, 1.54) is 5.39 Å². The van der Waals surface area contributed by atoms with Gasteiger partial charge in [0.1, 0.15) is 10.7 Å². The lowest BCUT2D eigenvalue weighted by atomic mass is 10.1. The topological polar surface area (TPSA) is 51.8 Å². The standard InChI is InChI=1S/C13H11N3S/c14-7-10-8-17-13(16-10)12-11-4-2-1-3-9(11)5-6-15-12/h1-6,8H,7,14H2. The van der Waals surface area contributed by atoms with E-state index in [0.717, 1.165) is 21.8 Å². The van der Waals surface area contributed by atoms with Gasteiger partial charge in [0.05, 0.1) is 5.69 Å². The number of hydrogen-bond acceptors (Lipinski definition) is 4. The van der Waals surface area contributed by atoms with Gasteiger partial charge in [0.2, 0.25) is 0 Å². The van der Waals surface area contributed by atoms with E-state index in [0.29, 0.717) is 6.54 Å². The SMILES string of the molecule is NCc1csc(-c2nccc3ccccc23)n1. The second-order valence-corrected chi connectivity index (χ2v) is 4.59. The maximum Gasteiger partial charge on any atom is 0.142 e. The van der Waals surface area contributed by atoms with Crippen LogP contribution in [-0.2, 0) is 6.54 Å². The first-order valence-corrected chi connectivity index (χ1v) is 6.25. The van der Waals surface area contributed by atoms with Gasteiger partial charge in [-0.25, -0.2) is 4.98 Å². The van der Waals surface area contributed by atoms with Crippen molar-refractivity contribution in [1.82, 2.24) is 9.97 Å². The minimum atomic E-state index is 0.473. The van der Waals surface area contributed by atoms with Crippen LogP contribution in [0.1, 0.15) is 5.69 Å². The van der Waals surface area contributed by atoms with Crippen molar-refractivity contribution in [2.75, 3.05) is 0 Å². The molecule has 2 N–H and O–H groups in total. The van der Waals surface area contributed by atoms with Crippen LogP contribution in [-0.4, -0.2) is 9.97 Å². The molecule has 2 aromatic heterocycles. The molecule has 0 aliphatic rings. The summed E-state index contributed by atoms with van der Waals surface area (Å²) in [6, 6.07) is 10.2. The highest BCUT2D eigenvalue weighted by Gasteiger charge is 2.08. The molecule has 1 aromatic carbocycles. The number of fused-ring (bicyclic) bond motifs is 1. The molecule has 0 aliphatic carbocycles. The fourth-order valence-electron chi connectivity index (χ4n) is 1.80. The van der Waals surface area contributed by atoms with E-state index in [2.05, 4.69) is 22.1 Å². The van der Waals surface area contributed by atoms with Gasteiger partial charge in [-0.1, -0.05) is 24.3 Å². The molecule has 0 fully saturated rings. The van der Waals surface area contributed by atoms with E-state index in [1.807, 2.05) is 29.8 Å². The Balaban J connectivity index is 2.23. The number of hydrogen-bond donors (Lipinski definition) is 1. The predicted octanol–water partition coefficient (Wildman–Crippen LogP) is 2.82. The zero-order valence-electron chi connectivity index (χ0n) is 9.13. The number of thiazole rings is 1. The molecule has 84 valence electrons. The highest BCUT2D eigenvalue weighted by molar-refractivity contribution is 7.13. The number of aromatic nitrogens is 2. The Hall–Kier alpha value is -1.78. The Morgan fingerprint density at radius 3 is 2.88 bits per heavy atom. The molecular formula is C13H11N3S. The third-order valence-electron chi connectivity index (χ3n) is 2.64. The molecule has 0 aliphatic heterocycles. The summed E-state index contributed by atoms with van der Waals surface area (Å²) in [7, 11) is 0. The molecule has 0 bridgehead atoms. The molecule has 0 amide bonds.